The lowest BCUT2D eigenvalue weighted by Crippen LogP contribution is -2.50. The van der Waals surface area contributed by atoms with E-state index in [9.17, 15) is 19.1 Å². The molecule has 0 aliphatic carbocycles. The van der Waals surface area contributed by atoms with Gasteiger partial charge in [0, 0.05) is 5.69 Å². The second-order valence-electron chi connectivity index (χ2n) is 4.67. The van der Waals surface area contributed by atoms with E-state index >= 15 is 0 Å². The van der Waals surface area contributed by atoms with Gasteiger partial charge in [-0.25, -0.2) is 9.18 Å². The van der Waals surface area contributed by atoms with Crippen LogP contribution in [0.3, 0.4) is 0 Å². The summed E-state index contributed by atoms with van der Waals surface area (Å²) in [6.45, 7) is 0. The Kier molecular flexibility index (Phi) is 5.08. The van der Waals surface area contributed by atoms with Crippen LogP contribution in [0.4, 0.5) is 14.9 Å². The van der Waals surface area contributed by atoms with Gasteiger partial charge in [0.05, 0.1) is 12.0 Å². The van der Waals surface area contributed by atoms with Gasteiger partial charge in [-0.2, -0.15) is 0 Å². The number of hydrogen-bond donors (Lipinski definition) is 2. The number of urea groups is 1. The van der Waals surface area contributed by atoms with Crippen LogP contribution in [0, 0.1) is 5.82 Å². The molecule has 2 aromatic carbocycles. The van der Waals surface area contributed by atoms with E-state index in [1.807, 2.05) is 6.07 Å². The number of rotatable bonds is 5. The highest BCUT2D eigenvalue weighted by Crippen LogP contribution is 2.08. The van der Waals surface area contributed by atoms with Crippen LogP contribution < -0.4 is 15.7 Å². The zero-order valence-electron chi connectivity index (χ0n) is 11.6. The molecule has 5 nitrogen and oxygen atoms in total. The van der Waals surface area contributed by atoms with Crippen LogP contribution in [0.2, 0.25) is 0 Å². The fraction of sp³-hybridized carbons (Fsp3) is 0.125. The van der Waals surface area contributed by atoms with Crippen molar-refractivity contribution in [1.29, 1.82) is 0 Å². The molecule has 0 radical (unpaired) electrons. The van der Waals surface area contributed by atoms with Gasteiger partial charge in [-0.1, -0.05) is 30.3 Å². The third-order valence-corrected chi connectivity index (χ3v) is 2.97. The number of carbonyl (C=O) groups excluding carboxylic acids is 2. The number of carbonyl (C=O) groups is 2. The van der Waals surface area contributed by atoms with Gasteiger partial charge in [-0.3, -0.25) is 0 Å². The Morgan fingerprint density at radius 1 is 1.05 bits per heavy atom. The highest BCUT2D eigenvalue weighted by atomic mass is 19.1. The summed E-state index contributed by atoms with van der Waals surface area (Å²) in [5, 5.41) is 15.9. The molecule has 0 spiro atoms. The van der Waals surface area contributed by atoms with Crippen molar-refractivity contribution >= 4 is 17.7 Å². The molecular formula is C16H14FN2O3-. The van der Waals surface area contributed by atoms with Crippen molar-refractivity contribution in [3.05, 3.63) is 66.0 Å². The minimum atomic E-state index is -1.38. The Bertz CT molecular complexity index is 644. The highest BCUT2D eigenvalue weighted by Gasteiger charge is 2.14. The monoisotopic (exact) mass is 301 g/mol. The zero-order chi connectivity index (χ0) is 15.9. The maximum absolute atomic E-state index is 12.8. The van der Waals surface area contributed by atoms with Gasteiger partial charge in [-0.05, 0) is 36.2 Å². The summed E-state index contributed by atoms with van der Waals surface area (Å²) in [5.74, 6) is -1.80. The zero-order valence-corrected chi connectivity index (χ0v) is 11.6. The van der Waals surface area contributed by atoms with Gasteiger partial charge in [0.1, 0.15) is 5.82 Å². The van der Waals surface area contributed by atoms with Crippen molar-refractivity contribution in [2.45, 2.75) is 12.5 Å². The predicted octanol–water partition coefficient (Wildman–Crippen LogP) is 1.31. The molecule has 0 bridgehead atoms. The number of benzene rings is 2. The molecule has 2 aromatic rings. The molecule has 0 aliphatic rings. The van der Waals surface area contributed by atoms with E-state index in [-0.39, 0.29) is 6.42 Å². The van der Waals surface area contributed by atoms with E-state index in [1.54, 1.807) is 24.3 Å². The molecule has 22 heavy (non-hydrogen) atoms. The molecule has 0 unspecified atom stereocenters. The Morgan fingerprint density at radius 3 is 2.27 bits per heavy atom. The van der Waals surface area contributed by atoms with Crippen LogP contribution in [0.5, 0.6) is 0 Å². The number of carboxylic acids is 1. The minimum Gasteiger partial charge on any atom is -0.548 e. The summed E-state index contributed by atoms with van der Waals surface area (Å²) < 4.78 is 12.8. The van der Waals surface area contributed by atoms with Gasteiger partial charge in [0.2, 0.25) is 0 Å². The molecule has 0 saturated heterocycles. The maximum Gasteiger partial charge on any atom is 0.319 e. The smallest absolute Gasteiger partial charge is 0.319 e. The fourth-order valence-corrected chi connectivity index (χ4v) is 1.90. The number of carboxylic acid groups (broad SMARTS) is 1. The summed E-state index contributed by atoms with van der Waals surface area (Å²) in [6, 6.07) is 12.2. The van der Waals surface area contributed by atoms with Crippen molar-refractivity contribution in [2.75, 3.05) is 5.32 Å². The van der Waals surface area contributed by atoms with Crippen LogP contribution in [-0.4, -0.2) is 18.0 Å². The van der Waals surface area contributed by atoms with Crippen LogP contribution in [0.1, 0.15) is 5.56 Å². The van der Waals surface area contributed by atoms with E-state index in [4.69, 9.17) is 0 Å². The van der Waals surface area contributed by atoms with E-state index in [0.29, 0.717) is 5.69 Å². The Morgan fingerprint density at radius 2 is 1.68 bits per heavy atom. The first-order chi connectivity index (χ1) is 10.5. The quantitative estimate of drug-likeness (QED) is 0.873. The van der Waals surface area contributed by atoms with Crippen molar-refractivity contribution in [3.8, 4) is 0 Å². The van der Waals surface area contributed by atoms with Gasteiger partial charge in [0.25, 0.3) is 0 Å². The number of aliphatic carboxylic acids is 1. The SMILES string of the molecule is O=C(Nc1ccc(F)cc1)N[C@@H](Cc1ccccc1)C(=O)[O-]. The molecule has 2 N–H and O–H groups in total. The van der Waals surface area contributed by atoms with Crippen LogP contribution >= 0.6 is 0 Å². The normalized spacial score (nSPS) is 11.5. The molecule has 2 amide bonds. The second kappa shape index (κ2) is 7.21. The number of hydrogen-bond acceptors (Lipinski definition) is 3. The van der Waals surface area contributed by atoms with E-state index in [1.165, 1.54) is 24.3 Å². The lowest BCUT2D eigenvalue weighted by atomic mass is 10.1. The molecule has 1 atom stereocenters. The first-order valence-corrected chi connectivity index (χ1v) is 6.62. The first kappa shape index (κ1) is 15.5. The summed E-state index contributed by atoms with van der Waals surface area (Å²) >= 11 is 0. The lowest BCUT2D eigenvalue weighted by molar-refractivity contribution is -0.308. The van der Waals surface area contributed by atoms with E-state index in [2.05, 4.69) is 10.6 Å². The van der Waals surface area contributed by atoms with Gasteiger partial charge in [-0.15, -0.1) is 0 Å². The molecule has 0 saturated carbocycles. The van der Waals surface area contributed by atoms with Crippen molar-refractivity contribution in [1.82, 2.24) is 5.32 Å². The second-order valence-corrected chi connectivity index (χ2v) is 4.67. The Balaban J connectivity index is 1.97. The van der Waals surface area contributed by atoms with Crippen LogP contribution in [0.15, 0.2) is 54.6 Å². The van der Waals surface area contributed by atoms with Gasteiger partial charge >= 0.3 is 6.03 Å². The first-order valence-electron chi connectivity index (χ1n) is 6.62. The molecule has 0 fully saturated rings. The molecule has 114 valence electrons. The molecule has 2 rings (SSSR count). The summed E-state index contributed by atoms with van der Waals surface area (Å²) in [6.07, 6.45) is 0.111. The minimum absolute atomic E-state index is 0.111. The van der Waals surface area contributed by atoms with Crippen molar-refractivity contribution in [2.24, 2.45) is 0 Å². The lowest BCUT2D eigenvalue weighted by Gasteiger charge is -2.20. The fourth-order valence-electron chi connectivity index (χ4n) is 1.90. The van der Waals surface area contributed by atoms with Gasteiger partial charge < -0.3 is 20.5 Å². The molecule has 0 aliphatic heterocycles. The molecule has 6 heteroatoms. The summed E-state index contributed by atoms with van der Waals surface area (Å²) in [5.41, 5.74) is 1.12. The Hall–Kier alpha value is -2.89. The van der Waals surface area contributed by atoms with Crippen LogP contribution in [0.25, 0.3) is 0 Å². The number of halogens is 1. The van der Waals surface area contributed by atoms with Crippen molar-refractivity contribution < 1.29 is 19.1 Å². The van der Waals surface area contributed by atoms with Gasteiger partial charge in [0.15, 0.2) is 0 Å². The summed E-state index contributed by atoms with van der Waals surface area (Å²) in [7, 11) is 0. The van der Waals surface area contributed by atoms with Crippen LogP contribution in [-0.2, 0) is 11.2 Å². The third kappa shape index (κ3) is 4.59. The third-order valence-electron chi connectivity index (χ3n) is 2.97. The average molecular weight is 301 g/mol. The Labute approximate surface area is 126 Å². The molecule has 0 heterocycles. The number of nitrogens with one attached hydrogen (secondary N) is 2. The summed E-state index contributed by atoms with van der Waals surface area (Å²) in [4.78, 5) is 22.9. The van der Waals surface area contributed by atoms with Crippen molar-refractivity contribution in [3.63, 3.8) is 0 Å². The maximum atomic E-state index is 12.8. The largest absolute Gasteiger partial charge is 0.548 e. The highest BCUT2D eigenvalue weighted by molar-refractivity contribution is 5.92. The predicted molar refractivity (Wildman–Crippen MR) is 77.5 cm³/mol. The molecule has 0 aromatic heterocycles. The topological polar surface area (TPSA) is 81.3 Å². The molecular weight excluding hydrogens is 287 g/mol. The van der Waals surface area contributed by atoms with E-state index in [0.717, 1.165) is 5.56 Å². The number of amides is 2. The average Bonchev–Trinajstić information content (AvgIpc) is 2.50. The standard InChI is InChI=1S/C16H15FN2O3/c17-12-6-8-13(9-7-12)18-16(22)19-14(15(20)21)10-11-4-2-1-3-5-11/h1-9,14H,10H2,(H,20,21)(H2,18,19,22)/p-1/t14-/m0/s1. The van der Waals surface area contributed by atoms with E-state index < -0.39 is 23.9 Å². The number of anilines is 1.